The van der Waals surface area contributed by atoms with E-state index in [0.717, 1.165) is 29.4 Å². The SMILES string of the molecule is Cc1ccc(OCc2ccc(CNC(C)C)o2)c(C)c1. The molecule has 3 heteroatoms. The maximum atomic E-state index is 5.80. The first-order valence-corrected chi connectivity index (χ1v) is 7.05. The van der Waals surface area contributed by atoms with Crippen LogP contribution < -0.4 is 10.1 Å². The van der Waals surface area contributed by atoms with E-state index in [2.05, 4.69) is 45.1 Å². The van der Waals surface area contributed by atoms with Gasteiger partial charge in [0.05, 0.1) is 6.54 Å². The van der Waals surface area contributed by atoms with Gasteiger partial charge in [-0.2, -0.15) is 0 Å². The molecule has 1 aromatic heterocycles. The van der Waals surface area contributed by atoms with E-state index in [4.69, 9.17) is 9.15 Å². The van der Waals surface area contributed by atoms with Crippen molar-refractivity contribution in [3.63, 3.8) is 0 Å². The average molecular weight is 273 g/mol. The Labute approximate surface area is 121 Å². The third kappa shape index (κ3) is 4.14. The molecule has 0 aliphatic rings. The van der Waals surface area contributed by atoms with E-state index in [-0.39, 0.29) is 0 Å². The van der Waals surface area contributed by atoms with E-state index in [1.165, 1.54) is 5.56 Å². The largest absolute Gasteiger partial charge is 0.485 e. The van der Waals surface area contributed by atoms with Crippen LogP contribution in [0.4, 0.5) is 0 Å². The molecular weight excluding hydrogens is 250 g/mol. The first kappa shape index (κ1) is 14.7. The van der Waals surface area contributed by atoms with Crippen LogP contribution in [-0.2, 0) is 13.2 Å². The fraction of sp³-hybridized carbons (Fsp3) is 0.412. The smallest absolute Gasteiger partial charge is 0.146 e. The van der Waals surface area contributed by atoms with Crippen LogP contribution in [-0.4, -0.2) is 6.04 Å². The highest BCUT2D eigenvalue weighted by Gasteiger charge is 2.05. The van der Waals surface area contributed by atoms with Crippen LogP contribution in [0.5, 0.6) is 5.75 Å². The minimum atomic E-state index is 0.454. The van der Waals surface area contributed by atoms with Gasteiger partial charge in [0.1, 0.15) is 23.9 Å². The Morgan fingerprint density at radius 2 is 1.85 bits per heavy atom. The second kappa shape index (κ2) is 6.62. The molecule has 0 radical (unpaired) electrons. The van der Waals surface area contributed by atoms with Gasteiger partial charge in [-0.3, -0.25) is 0 Å². The van der Waals surface area contributed by atoms with Crippen LogP contribution in [0.2, 0.25) is 0 Å². The standard InChI is InChI=1S/C17H23NO2/c1-12(2)18-10-15-6-7-16(20-15)11-19-17-8-5-13(3)9-14(17)4/h5-9,12,18H,10-11H2,1-4H3. The predicted molar refractivity (Wildman–Crippen MR) is 80.9 cm³/mol. The highest BCUT2D eigenvalue weighted by molar-refractivity contribution is 5.35. The van der Waals surface area contributed by atoms with Crippen molar-refractivity contribution >= 4 is 0 Å². The average Bonchev–Trinajstić information content (AvgIpc) is 2.83. The number of hydrogen-bond donors (Lipinski definition) is 1. The van der Waals surface area contributed by atoms with Crippen molar-refractivity contribution in [2.45, 2.75) is 46.9 Å². The zero-order valence-corrected chi connectivity index (χ0v) is 12.7. The summed E-state index contributed by atoms with van der Waals surface area (Å²) < 4.78 is 11.5. The van der Waals surface area contributed by atoms with E-state index in [0.29, 0.717) is 12.6 Å². The molecule has 0 saturated heterocycles. The van der Waals surface area contributed by atoms with Gasteiger partial charge in [0, 0.05) is 6.04 Å². The number of nitrogens with one attached hydrogen (secondary N) is 1. The van der Waals surface area contributed by atoms with E-state index in [9.17, 15) is 0 Å². The highest BCUT2D eigenvalue weighted by Crippen LogP contribution is 2.20. The maximum Gasteiger partial charge on any atom is 0.146 e. The van der Waals surface area contributed by atoms with Gasteiger partial charge in [-0.1, -0.05) is 31.5 Å². The Hall–Kier alpha value is -1.74. The summed E-state index contributed by atoms with van der Waals surface area (Å²) in [5, 5.41) is 3.33. The van der Waals surface area contributed by atoms with Gasteiger partial charge < -0.3 is 14.5 Å². The Balaban J connectivity index is 1.90. The molecule has 0 amide bonds. The summed E-state index contributed by atoms with van der Waals surface area (Å²) in [5.41, 5.74) is 2.40. The number of benzene rings is 1. The highest BCUT2D eigenvalue weighted by atomic mass is 16.5. The molecule has 2 rings (SSSR count). The molecule has 0 bridgehead atoms. The molecule has 0 fully saturated rings. The van der Waals surface area contributed by atoms with Gasteiger partial charge in [-0.25, -0.2) is 0 Å². The fourth-order valence-electron chi connectivity index (χ4n) is 2.01. The lowest BCUT2D eigenvalue weighted by molar-refractivity contribution is 0.263. The van der Waals surface area contributed by atoms with Gasteiger partial charge >= 0.3 is 0 Å². The Bertz CT molecular complexity index is 558. The van der Waals surface area contributed by atoms with Gasteiger partial charge in [-0.15, -0.1) is 0 Å². The molecule has 1 N–H and O–H groups in total. The molecule has 108 valence electrons. The topological polar surface area (TPSA) is 34.4 Å². The van der Waals surface area contributed by atoms with E-state index >= 15 is 0 Å². The van der Waals surface area contributed by atoms with Crippen molar-refractivity contribution in [1.82, 2.24) is 5.32 Å². The maximum absolute atomic E-state index is 5.80. The summed E-state index contributed by atoms with van der Waals surface area (Å²) in [7, 11) is 0. The van der Waals surface area contributed by atoms with Crippen LogP contribution in [0.25, 0.3) is 0 Å². The molecule has 0 atom stereocenters. The number of rotatable bonds is 6. The van der Waals surface area contributed by atoms with Gasteiger partial charge in [0.15, 0.2) is 0 Å². The van der Waals surface area contributed by atoms with Crippen molar-refractivity contribution in [1.29, 1.82) is 0 Å². The van der Waals surface area contributed by atoms with E-state index < -0.39 is 0 Å². The van der Waals surface area contributed by atoms with Gasteiger partial charge in [-0.05, 0) is 37.6 Å². The quantitative estimate of drug-likeness (QED) is 0.864. The summed E-state index contributed by atoms with van der Waals surface area (Å²) in [4.78, 5) is 0. The molecule has 0 aliphatic carbocycles. The van der Waals surface area contributed by atoms with Crippen molar-refractivity contribution in [3.8, 4) is 5.75 Å². The molecule has 1 heterocycles. The lowest BCUT2D eigenvalue weighted by Gasteiger charge is -2.08. The molecule has 3 nitrogen and oxygen atoms in total. The van der Waals surface area contributed by atoms with Crippen LogP contribution in [0.3, 0.4) is 0 Å². The minimum absolute atomic E-state index is 0.454. The normalized spacial score (nSPS) is 11.1. The first-order valence-electron chi connectivity index (χ1n) is 7.05. The lowest BCUT2D eigenvalue weighted by Crippen LogP contribution is -2.21. The van der Waals surface area contributed by atoms with Crippen molar-refractivity contribution in [2.75, 3.05) is 0 Å². The lowest BCUT2D eigenvalue weighted by atomic mass is 10.1. The Morgan fingerprint density at radius 1 is 1.10 bits per heavy atom. The summed E-state index contributed by atoms with van der Waals surface area (Å²) in [6, 6.07) is 10.6. The molecule has 20 heavy (non-hydrogen) atoms. The third-order valence-corrected chi connectivity index (χ3v) is 3.10. The molecule has 0 spiro atoms. The van der Waals surface area contributed by atoms with E-state index in [1.807, 2.05) is 18.2 Å². The first-order chi connectivity index (χ1) is 9.54. The van der Waals surface area contributed by atoms with Gasteiger partial charge in [0.25, 0.3) is 0 Å². The molecule has 1 aromatic carbocycles. The van der Waals surface area contributed by atoms with Gasteiger partial charge in [0.2, 0.25) is 0 Å². The number of ether oxygens (including phenoxy) is 1. The predicted octanol–water partition coefficient (Wildman–Crippen LogP) is 3.97. The Morgan fingerprint density at radius 3 is 2.55 bits per heavy atom. The zero-order valence-electron chi connectivity index (χ0n) is 12.7. The molecule has 2 aromatic rings. The molecule has 0 unspecified atom stereocenters. The third-order valence-electron chi connectivity index (χ3n) is 3.10. The van der Waals surface area contributed by atoms with Crippen molar-refractivity contribution in [2.24, 2.45) is 0 Å². The number of hydrogen-bond acceptors (Lipinski definition) is 3. The minimum Gasteiger partial charge on any atom is -0.485 e. The van der Waals surface area contributed by atoms with Crippen LogP contribution in [0.1, 0.15) is 36.5 Å². The Kier molecular flexibility index (Phi) is 4.85. The molecule has 0 aliphatic heterocycles. The summed E-state index contributed by atoms with van der Waals surface area (Å²) in [5.74, 6) is 2.71. The number of aryl methyl sites for hydroxylation is 2. The fourth-order valence-corrected chi connectivity index (χ4v) is 2.01. The monoisotopic (exact) mass is 273 g/mol. The van der Waals surface area contributed by atoms with Crippen LogP contribution >= 0.6 is 0 Å². The summed E-state index contributed by atoms with van der Waals surface area (Å²) in [6.45, 7) is 9.59. The second-order valence-corrected chi connectivity index (χ2v) is 5.46. The summed E-state index contributed by atoms with van der Waals surface area (Å²) in [6.07, 6.45) is 0. The molecular formula is C17H23NO2. The summed E-state index contributed by atoms with van der Waals surface area (Å²) >= 11 is 0. The van der Waals surface area contributed by atoms with Crippen molar-refractivity contribution < 1.29 is 9.15 Å². The second-order valence-electron chi connectivity index (χ2n) is 5.46. The van der Waals surface area contributed by atoms with Crippen LogP contribution in [0, 0.1) is 13.8 Å². The van der Waals surface area contributed by atoms with E-state index in [1.54, 1.807) is 0 Å². The zero-order chi connectivity index (χ0) is 14.5. The van der Waals surface area contributed by atoms with Crippen LogP contribution in [0.15, 0.2) is 34.7 Å². The van der Waals surface area contributed by atoms with Crippen molar-refractivity contribution in [3.05, 3.63) is 53.0 Å². The number of furan rings is 1. The molecule has 0 saturated carbocycles.